The van der Waals surface area contributed by atoms with Gasteiger partial charge in [-0.15, -0.1) is 0 Å². The first-order valence-electron chi connectivity index (χ1n) is 10.2. The Hall–Kier alpha value is -3.36. The number of amides is 1. The van der Waals surface area contributed by atoms with Gasteiger partial charge in [-0.05, 0) is 38.3 Å². The second-order valence-corrected chi connectivity index (χ2v) is 7.28. The number of nitrogens with one attached hydrogen (secondary N) is 1. The van der Waals surface area contributed by atoms with Crippen LogP contribution in [0.3, 0.4) is 0 Å². The number of aromatic nitrogens is 3. The molecule has 0 bridgehead atoms. The largest absolute Gasteiger partial charge is 0.476 e. The zero-order valence-electron chi connectivity index (χ0n) is 17.0. The summed E-state index contributed by atoms with van der Waals surface area (Å²) in [6.07, 6.45) is 3.59. The van der Waals surface area contributed by atoms with Crippen molar-refractivity contribution in [2.45, 2.75) is 32.7 Å². The average Bonchev–Trinajstić information content (AvgIpc) is 3.06. The Bertz CT molecular complexity index is 1080. The Morgan fingerprint density at radius 1 is 1.20 bits per heavy atom. The predicted octanol–water partition coefficient (Wildman–Crippen LogP) is 1.88. The van der Waals surface area contributed by atoms with E-state index >= 15 is 0 Å². The third-order valence-electron chi connectivity index (χ3n) is 5.03. The molecule has 0 unspecified atom stereocenters. The van der Waals surface area contributed by atoms with Crippen molar-refractivity contribution in [2.75, 3.05) is 31.1 Å². The van der Waals surface area contributed by atoms with Gasteiger partial charge in [-0.1, -0.05) is 12.1 Å². The number of benzene rings is 1. The van der Waals surface area contributed by atoms with Crippen LogP contribution in [0, 0.1) is 6.92 Å². The minimum absolute atomic E-state index is 0.110. The summed E-state index contributed by atoms with van der Waals surface area (Å²) in [5, 5.41) is 2.76. The van der Waals surface area contributed by atoms with Crippen molar-refractivity contribution in [1.82, 2.24) is 19.9 Å². The monoisotopic (exact) mass is 411 g/mol. The summed E-state index contributed by atoms with van der Waals surface area (Å²) in [5.41, 5.74) is 1.05. The lowest BCUT2D eigenvalue weighted by atomic mass is 10.1. The number of hydrogen-bond donors (Lipinski definition) is 1. The number of aryl methyl sites for hydroxylation is 1. The molecule has 1 N–H and O–H groups in total. The van der Waals surface area contributed by atoms with E-state index in [1.807, 2.05) is 13.0 Å². The molecule has 0 atom stereocenters. The molecule has 1 aliphatic rings. The molecule has 9 heteroatoms. The zero-order valence-corrected chi connectivity index (χ0v) is 17.0. The van der Waals surface area contributed by atoms with Crippen molar-refractivity contribution in [1.29, 1.82) is 0 Å². The number of ether oxygens (including phenoxy) is 1. The summed E-state index contributed by atoms with van der Waals surface area (Å²) in [5.74, 6) is 1.19. The highest BCUT2D eigenvalue weighted by molar-refractivity contribution is 5.79. The average molecular weight is 411 g/mol. The third kappa shape index (κ3) is 4.61. The number of carbonyl (C=O) groups excluding carboxylic acids is 1. The van der Waals surface area contributed by atoms with Gasteiger partial charge in [-0.2, -0.15) is 4.98 Å². The zero-order chi connectivity index (χ0) is 20.9. The van der Waals surface area contributed by atoms with Gasteiger partial charge in [0, 0.05) is 19.2 Å². The highest BCUT2D eigenvalue weighted by Crippen LogP contribution is 2.21. The lowest BCUT2D eigenvalue weighted by Crippen LogP contribution is -2.33. The van der Waals surface area contributed by atoms with Crippen LogP contribution in [0.25, 0.3) is 11.1 Å². The van der Waals surface area contributed by atoms with Crippen LogP contribution in [0.5, 0.6) is 5.88 Å². The van der Waals surface area contributed by atoms with Gasteiger partial charge in [0.2, 0.25) is 11.8 Å². The Labute approximate surface area is 173 Å². The molecule has 2 aromatic heterocycles. The van der Waals surface area contributed by atoms with Crippen molar-refractivity contribution in [3.05, 3.63) is 46.7 Å². The van der Waals surface area contributed by atoms with Crippen molar-refractivity contribution < 1.29 is 13.9 Å². The number of nitrogens with zero attached hydrogens (tertiary/aromatic N) is 4. The van der Waals surface area contributed by atoms with Gasteiger partial charge in [0.05, 0.1) is 12.1 Å². The van der Waals surface area contributed by atoms with E-state index in [0.29, 0.717) is 29.3 Å². The molecule has 0 aliphatic carbocycles. The van der Waals surface area contributed by atoms with Gasteiger partial charge in [0.1, 0.15) is 24.8 Å². The van der Waals surface area contributed by atoms with Crippen LogP contribution in [0.4, 0.5) is 5.82 Å². The van der Waals surface area contributed by atoms with Crippen LogP contribution in [-0.2, 0) is 11.3 Å². The van der Waals surface area contributed by atoms with Crippen LogP contribution in [0.2, 0.25) is 0 Å². The second kappa shape index (κ2) is 8.98. The van der Waals surface area contributed by atoms with Gasteiger partial charge in [0.25, 0.3) is 0 Å². The van der Waals surface area contributed by atoms with E-state index in [0.717, 1.165) is 18.9 Å². The molecule has 0 radical (unpaired) electrons. The van der Waals surface area contributed by atoms with E-state index in [1.165, 1.54) is 23.8 Å². The quantitative estimate of drug-likeness (QED) is 0.592. The van der Waals surface area contributed by atoms with Crippen molar-refractivity contribution in [3.63, 3.8) is 0 Å². The molecule has 4 rings (SSSR count). The highest BCUT2D eigenvalue weighted by Gasteiger charge is 2.15. The molecule has 30 heavy (non-hydrogen) atoms. The van der Waals surface area contributed by atoms with Gasteiger partial charge >= 0.3 is 5.76 Å². The van der Waals surface area contributed by atoms with Gasteiger partial charge in [-0.25, -0.2) is 9.78 Å². The SMILES string of the molecule is Cc1nc(OCCNC(=O)Cn2c(=O)oc3ccccc32)cc(N2CCCCC2)n1. The first-order chi connectivity index (χ1) is 14.6. The van der Waals surface area contributed by atoms with Crippen LogP contribution >= 0.6 is 0 Å². The predicted molar refractivity (Wildman–Crippen MR) is 112 cm³/mol. The number of carbonyl (C=O) groups is 1. The molecule has 0 saturated carbocycles. The summed E-state index contributed by atoms with van der Waals surface area (Å²) in [7, 11) is 0. The summed E-state index contributed by atoms with van der Waals surface area (Å²) in [6.45, 7) is 4.28. The van der Waals surface area contributed by atoms with E-state index in [2.05, 4.69) is 20.2 Å². The van der Waals surface area contributed by atoms with E-state index in [4.69, 9.17) is 9.15 Å². The van der Waals surface area contributed by atoms with Crippen LogP contribution in [0.1, 0.15) is 25.1 Å². The van der Waals surface area contributed by atoms with E-state index < -0.39 is 5.76 Å². The number of anilines is 1. The van der Waals surface area contributed by atoms with E-state index in [9.17, 15) is 9.59 Å². The fourth-order valence-corrected chi connectivity index (χ4v) is 3.59. The number of piperidine rings is 1. The number of rotatable bonds is 7. The number of fused-ring (bicyclic) bond motifs is 1. The molecule has 1 fully saturated rings. The van der Waals surface area contributed by atoms with Gasteiger partial charge in [-0.3, -0.25) is 9.36 Å². The van der Waals surface area contributed by atoms with Crippen molar-refractivity contribution >= 4 is 22.8 Å². The highest BCUT2D eigenvalue weighted by atomic mass is 16.5. The topological polar surface area (TPSA) is 102 Å². The Morgan fingerprint density at radius 3 is 2.83 bits per heavy atom. The molecule has 1 aliphatic heterocycles. The molecular weight excluding hydrogens is 386 g/mol. The molecule has 158 valence electrons. The fourth-order valence-electron chi connectivity index (χ4n) is 3.59. The Morgan fingerprint density at radius 2 is 2.00 bits per heavy atom. The minimum Gasteiger partial charge on any atom is -0.476 e. The maximum atomic E-state index is 12.2. The Balaban J connectivity index is 1.29. The maximum absolute atomic E-state index is 12.2. The lowest BCUT2D eigenvalue weighted by Gasteiger charge is -2.28. The summed E-state index contributed by atoms with van der Waals surface area (Å²) in [6, 6.07) is 8.85. The standard InChI is InChI=1S/C21H25N5O4/c1-15-23-18(25-10-5-2-6-11-25)13-20(24-15)29-12-9-22-19(27)14-26-16-7-3-4-8-17(16)30-21(26)28/h3-4,7-8,13H,2,5-6,9-12,14H2,1H3,(H,22,27). The molecular formula is C21H25N5O4. The molecule has 1 aromatic carbocycles. The second-order valence-electron chi connectivity index (χ2n) is 7.28. The molecule has 3 aromatic rings. The van der Waals surface area contributed by atoms with E-state index in [-0.39, 0.29) is 19.1 Å². The normalized spacial score (nSPS) is 14.1. The summed E-state index contributed by atoms with van der Waals surface area (Å²) in [4.78, 5) is 35.3. The smallest absolute Gasteiger partial charge is 0.420 e. The van der Waals surface area contributed by atoms with Gasteiger partial charge in [0.15, 0.2) is 5.58 Å². The van der Waals surface area contributed by atoms with Crippen LogP contribution in [0.15, 0.2) is 39.5 Å². The third-order valence-corrected chi connectivity index (χ3v) is 5.03. The molecule has 0 spiro atoms. The number of para-hydroxylation sites is 2. The molecule has 1 saturated heterocycles. The first-order valence-corrected chi connectivity index (χ1v) is 10.2. The Kier molecular flexibility index (Phi) is 5.97. The fraction of sp³-hybridized carbons (Fsp3) is 0.429. The molecule has 3 heterocycles. The summed E-state index contributed by atoms with van der Waals surface area (Å²) < 4.78 is 12.2. The molecule has 9 nitrogen and oxygen atoms in total. The first kappa shape index (κ1) is 19.9. The van der Waals surface area contributed by atoms with Crippen LogP contribution in [-0.4, -0.2) is 46.7 Å². The molecule has 1 amide bonds. The minimum atomic E-state index is -0.552. The maximum Gasteiger partial charge on any atom is 0.420 e. The van der Waals surface area contributed by atoms with Crippen molar-refractivity contribution in [2.24, 2.45) is 0 Å². The van der Waals surface area contributed by atoms with Gasteiger partial charge < -0.3 is 19.4 Å². The lowest BCUT2D eigenvalue weighted by molar-refractivity contribution is -0.121. The van der Waals surface area contributed by atoms with Crippen LogP contribution < -0.4 is 20.7 Å². The van der Waals surface area contributed by atoms with E-state index in [1.54, 1.807) is 24.3 Å². The number of hydrogen-bond acceptors (Lipinski definition) is 7. The number of oxazole rings is 1. The van der Waals surface area contributed by atoms with Crippen molar-refractivity contribution in [3.8, 4) is 5.88 Å². The summed E-state index contributed by atoms with van der Waals surface area (Å²) >= 11 is 0.